The second-order valence-corrected chi connectivity index (χ2v) is 5.92. The van der Waals surface area contributed by atoms with Crippen LogP contribution < -0.4 is 9.47 Å². The number of nitrogens with zero attached hydrogens (tertiary/aromatic N) is 1. The van der Waals surface area contributed by atoms with Crippen molar-refractivity contribution in [1.29, 1.82) is 0 Å². The standard InChI is InChI=1S/C20H20FNO4/c1-13-16-5-4-6-17(21)19(16)26-18(13)20(23)22(2)11-12-25-15-9-7-14(24-3)8-10-15/h4-10H,11-12H2,1-3H3. The van der Waals surface area contributed by atoms with E-state index in [1.807, 2.05) is 0 Å². The van der Waals surface area contributed by atoms with Gasteiger partial charge in [0.05, 0.1) is 13.7 Å². The highest BCUT2D eigenvalue weighted by molar-refractivity contribution is 5.98. The maximum atomic E-state index is 13.8. The number of amides is 1. The Labute approximate surface area is 150 Å². The minimum Gasteiger partial charge on any atom is -0.497 e. The van der Waals surface area contributed by atoms with Crippen LogP contribution in [0.3, 0.4) is 0 Å². The fourth-order valence-corrected chi connectivity index (χ4v) is 2.66. The van der Waals surface area contributed by atoms with E-state index in [0.29, 0.717) is 29.9 Å². The van der Waals surface area contributed by atoms with E-state index in [4.69, 9.17) is 13.9 Å². The van der Waals surface area contributed by atoms with Crippen LogP contribution in [0, 0.1) is 12.7 Å². The van der Waals surface area contributed by atoms with E-state index in [1.165, 1.54) is 11.0 Å². The third-order valence-electron chi connectivity index (χ3n) is 4.21. The molecule has 6 heteroatoms. The van der Waals surface area contributed by atoms with Gasteiger partial charge in [0, 0.05) is 18.0 Å². The van der Waals surface area contributed by atoms with Crippen molar-refractivity contribution in [3.05, 3.63) is 59.6 Å². The molecule has 0 fully saturated rings. The lowest BCUT2D eigenvalue weighted by Crippen LogP contribution is -2.31. The van der Waals surface area contributed by atoms with Gasteiger partial charge in [0.2, 0.25) is 0 Å². The van der Waals surface area contributed by atoms with Crippen LogP contribution in [0.4, 0.5) is 4.39 Å². The second kappa shape index (κ2) is 7.47. The summed E-state index contributed by atoms with van der Waals surface area (Å²) in [5.74, 6) is 0.800. The SMILES string of the molecule is COc1ccc(OCCN(C)C(=O)c2oc3c(F)cccc3c2C)cc1. The van der Waals surface area contributed by atoms with Crippen LogP contribution in [0.15, 0.2) is 46.9 Å². The Morgan fingerprint density at radius 3 is 2.50 bits per heavy atom. The van der Waals surface area contributed by atoms with Crippen molar-refractivity contribution in [3.63, 3.8) is 0 Å². The van der Waals surface area contributed by atoms with Crippen LogP contribution in [0.1, 0.15) is 16.1 Å². The van der Waals surface area contributed by atoms with Gasteiger partial charge in [0.1, 0.15) is 18.1 Å². The molecule has 1 aromatic heterocycles. The van der Waals surface area contributed by atoms with Gasteiger partial charge in [-0.15, -0.1) is 0 Å². The Morgan fingerprint density at radius 1 is 1.15 bits per heavy atom. The summed E-state index contributed by atoms with van der Waals surface area (Å²) >= 11 is 0. The monoisotopic (exact) mass is 357 g/mol. The molecule has 0 aliphatic carbocycles. The molecule has 3 aromatic rings. The van der Waals surface area contributed by atoms with Crippen molar-refractivity contribution in [3.8, 4) is 11.5 Å². The molecule has 0 N–H and O–H groups in total. The minimum atomic E-state index is -0.477. The first kappa shape index (κ1) is 17.8. The Hall–Kier alpha value is -3.02. The molecule has 1 amide bonds. The first-order chi connectivity index (χ1) is 12.5. The second-order valence-electron chi connectivity index (χ2n) is 5.92. The minimum absolute atomic E-state index is 0.108. The number of halogens is 1. The zero-order valence-electron chi connectivity index (χ0n) is 14.9. The summed E-state index contributed by atoms with van der Waals surface area (Å²) in [6, 6.07) is 11.8. The van der Waals surface area contributed by atoms with Gasteiger partial charge in [-0.2, -0.15) is 0 Å². The number of fused-ring (bicyclic) bond motifs is 1. The third kappa shape index (κ3) is 3.49. The number of para-hydroxylation sites is 1. The van der Waals surface area contributed by atoms with E-state index >= 15 is 0 Å². The number of carbonyl (C=O) groups is 1. The molecule has 0 radical (unpaired) electrons. The molecule has 3 rings (SSSR count). The van der Waals surface area contributed by atoms with Gasteiger partial charge < -0.3 is 18.8 Å². The lowest BCUT2D eigenvalue weighted by molar-refractivity contribution is 0.0743. The van der Waals surface area contributed by atoms with E-state index in [2.05, 4.69) is 0 Å². The molecule has 1 heterocycles. The summed E-state index contributed by atoms with van der Waals surface area (Å²) in [7, 11) is 3.26. The maximum absolute atomic E-state index is 13.8. The van der Waals surface area contributed by atoms with Crippen LogP contribution in [0.25, 0.3) is 11.0 Å². The number of furan rings is 1. The molecule has 0 spiro atoms. The Kier molecular flexibility index (Phi) is 5.11. The zero-order chi connectivity index (χ0) is 18.7. The first-order valence-corrected chi connectivity index (χ1v) is 8.21. The van der Waals surface area contributed by atoms with Gasteiger partial charge in [-0.3, -0.25) is 4.79 Å². The summed E-state index contributed by atoms with van der Waals surface area (Å²) in [4.78, 5) is 14.1. The molecular weight excluding hydrogens is 337 g/mol. The summed E-state index contributed by atoms with van der Waals surface area (Å²) < 4.78 is 30.0. The molecule has 0 aliphatic rings. The van der Waals surface area contributed by atoms with Gasteiger partial charge in [0.25, 0.3) is 5.91 Å². The molecule has 26 heavy (non-hydrogen) atoms. The van der Waals surface area contributed by atoms with Gasteiger partial charge in [-0.1, -0.05) is 12.1 Å². The molecule has 0 aliphatic heterocycles. The lowest BCUT2D eigenvalue weighted by atomic mass is 10.1. The van der Waals surface area contributed by atoms with Gasteiger partial charge >= 0.3 is 0 Å². The van der Waals surface area contributed by atoms with Crippen LogP contribution in [-0.4, -0.2) is 38.1 Å². The summed E-state index contributed by atoms with van der Waals surface area (Å²) in [5.41, 5.74) is 0.739. The van der Waals surface area contributed by atoms with Crippen LogP contribution >= 0.6 is 0 Å². The fraction of sp³-hybridized carbons (Fsp3) is 0.250. The smallest absolute Gasteiger partial charge is 0.289 e. The summed E-state index contributed by atoms with van der Waals surface area (Å²) in [5, 5.41) is 0.608. The predicted molar refractivity (Wildman–Crippen MR) is 96.4 cm³/mol. The van der Waals surface area contributed by atoms with E-state index in [9.17, 15) is 9.18 Å². The van der Waals surface area contributed by atoms with E-state index in [-0.39, 0.29) is 17.3 Å². The summed E-state index contributed by atoms with van der Waals surface area (Å²) in [6.07, 6.45) is 0. The number of rotatable bonds is 6. The highest BCUT2D eigenvalue weighted by atomic mass is 19.1. The molecule has 0 atom stereocenters. The largest absolute Gasteiger partial charge is 0.497 e. The topological polar surface area (TPSA) is 51.9 Å². The number of carbonyl (C=O) groups excluding carboxylic acids is 1. The van der Waals surface area contributed by atoms with Crippen molar-refractivity contribution in [2.75, 3.05) is 27.3 Å². The lowest BCUT2D eigenvalue weighted by Gasteiger charge is -2.16. The van der Waals surface area contributed by atoms with E-state index in [1.54, 1.807) is 57.5 Å². The Bertz CT molecular complexity index is 917. The van der Waals surface area contributed by atoms with Crippen molar-refractivity contribution in [1.82, 2.24) is 4.90 Å². The molecule has 0 unspecified atom stereocenters. The van der Waals surface area contributed by atoms with E-state index < -0.39 is 5.82 Å². The Balaban J connectivity index is 1.64. The molecule has 0 bridgehead atoms. The summed E-state index contributed by atoms with van der Waals surface area (Å²) in [6.45, 7) is 2.44. The molecule has 2 aromatic carbocycles. The highest BCUT2D eigenvalue weighted by Gasteiger charge is 2.22. The van der Waals surface area contributed by atoms with Crippen molar-refractivity contribution < 1.29 is 23.1 Å². The number of methoxy groups -OCH3 is 1. The fourth-order valence-electron chi connectivity index (χ4n) is 2.66. The number of hydrogen-bond donors (Lipinski definition) is 0. The molecular formula is C20H20FNO4. The third-order valence-corrected chi connectivity index (χ3v) is 4.21. The number of hydrogen-bond acceptors (Lipinski definition) is 4. The van der Waals surface area contributed by atoms with Crippen molar-refractivity contribution >= 4 is 16.9 Å². The van der Waals surface area contributed by atoms with Crippen LogP contribution in [0.2, 0.25) is 0 Å². The quantitative estimate of drug-likeness (QED) is 0.668. The zero-order valence-corrected chi connectivity index (χ0v) is 14.9. The van der Waals surface area contributed by atoms with E-state index in [0.717, 1.165) is 5.75 Å². The van der Waals surface area contributed by atoms with Crippen LogP contribution in [-0.2, 0) is 0 Å². The van der Waals surface area contributed by atoms with Gasteiger partial charge in [-0.05, 0) is 37.3 Å². The number of aryl methyl sites for hydroxylation is 1. The van der Waals surface area contributed by atoms with Crippen LogP contribution in [0.5, 0.6) is 11.5 Å². The predicted octanol–water partition coefficient (Wildman–Crippen LogP) is 4.04. The molecule has 0 saturated carbocycles. The van der Waals surface area contributed by atoms with Crippen molar-refractivity contribution in [2.24, 2.45) is 0 Å². The average molecular weight is 357 g/mol. The molecule has 5 nitrogen and oxygen atoms in total. The first-order valence-electron chi connectivity index (χ1n) is 8.21. The van der Waals surface area contributed by atoms with Crippen molar-refractivity contribution in [2.45, 2.75) is 6.92 Å². The maximum Gasteiger partial charge on any atom is 0.289 e. The highest BCUT2D eigenvalue weighted by Crippen LogP contribution is 2.28. The normalized spacial score (nSPS) is 10.8. The van der Waals surface area contributed by atoms with Gasteiger partial charge in [0.15, 0.2) is 17.2 Å². The molecule has 0 saturated heterocycles. The number of benzene rings is 2. The number of likely N-dealkylation sites (N-methyl/N-ethyl adjacent to an activating group) is 1. The molecule has 136 valence electrons. The number of ether oxygens (including phenoxy) is 2. The van der Waals surface area contributed by atoms with Gasteiger partial charge in [-0.25, -0.2) is 4.39 Å². The Morgan fingerprint density at radius 2 is 1.85 bits per heavy atom. The average Bonchev–Trinajstić information content (AvgIpc) is 3.00.